The number of piperidine rings is 1. The van der Waals surface area contributed by atoms with Crippen molar-refractivity contribution in [2.24, 2.45) is 5.92 Å². The van der Waals surface area contributed by atoms with Crippen LogP contribution in [0.4, 0.5) is 24.8 Å². The highest BCUT2D eigenvalue weighted by Gasteiger charge is 2.28. The topological polar surface area (TPSA) is 50.2 Å². The van der Waals surface area contributed by atoms with Gasteiger partial charge in [-0.3, -0.25) is 4.79 Å². The summed E-state index contributed by atoms with van der Waals surface area (Å²) in [5.41, 5.74) is 2.61. The van der Waals surface area contributed by atoms with Gasteiger partial charge in [0, 0.05) is 25.1 Å². The molecule has 4 aromatic rings. The maximum atomic E-state index is 13.9. The van der Waals surface area contributed by atoms with Crippen molar-refractivity contribution < 1.29 is 18.0 Å². The van der Waals surface area contributed by atoms with Crippen molar-refractivity contribution in [3.05, 3.63) is 89.7 Å². The van der Waals surface area contributed by atoms with Crippen molar-refractivity contribution in [1.82, 2.24) is 9.55 Å². The van der Waals surface area contributed by atoms with E-state index < -0.39 is 11.6 Å². The molecule has 34 heavy (non-hydrogen) atoms. The largest absolute Gasteiger partial charge is 0.342 e. The molecule has 8 heteroatoms. The molecular weight excluding hydrogens is 441 g/mol. The fourth-order valence-corrected chi connectivity index (χ4v) is 4.45. The lowest BCUT2D eigenvalue weighted by atomic mass is 9.96. The number of aromatic nitrogens is 2. The first-order valence-electron chi connectivity index (χ1n) is 11.2. The number of nitrogens with zero attached hydrogens (tertiary/aromatic N) is 3. The van der Waals surface area contributed by atoms with Gasteiger partial charge in [0.25, 0.3) is 0 Å². The van der Waals surface area contributed by atoms with Crippen LogP contribution in [0, 0.1) is 23.4 Å². The minimum atomic E-state index is -0.795. The second kappa shape index (κ2) is 9.21. The quantitative estimate of drug-likeness (QED) is 0.433. The van der Waals surface area contributed by atoms with Crippen LogP contribution in [0.2, 0.25) is 0 Å². The molecule has 1 aliphatic heterocycles. The average Bonchev–Trinajstić information content (AvgIpc) is 3.19. The van der Waals surface area contributed by atoms with Gasteiger partial charge in [0.2, 0.25) is 11.9 Å². The molecule has 0 spiro atoms. The Labute approximate surface area is 194 Å². The average molecular weight is 464 g/mol. The van der Waals surface area contributed by atoms with Gasteiger partial charge in [0.15, 0.2) is 0 Å². The summed E-state index contributed by atoms with van der Waals surface area (Å²) in [5.74, 6) is -1.57. The van der Waals surface area contributed by atoms with Crippen LogP contribution >= 0.6 is 0 Å². The molecule has 0 bridgehead atoms. The SMILES string of the molecule is O=C(Nc1ccc(F)cc1F)C1CCN(c2nc3ccccc3n2Cc2cccc(F)c2)CC1. The van der Waals surface area contributed by atoms with E-state index in [-0.39, 0.29) is 23.3 Å². The normalized spacial score (nSPS) is 14.5. The zero-order valence-electron chi connectivity index (χ0n) is 18.3. The van der Waals surface area contributed by atoms with E-state index in [0.29, 0.717) is 32.5 Å². The monoisotopic (exact) mass is 464 g/mol. The van der Waals surface area contributed by atoms with E-state index in [1.807, 2.05) is 30.3 Å². The molecule has 1 saturated heterocycles. The first-order valence-corrected chi connectivity index (χ1v) is 11.2. The molecule has 1 aromatic heterocycles. The molecule has 174 valence electrons. The van der Waals surface area contributed by atoms with Gasteiger partial charge in [-0.25, -0.2) is 18.2 Å². The Bertz CT molecular complexity index is 1350. The zero-order chi connectivity index (χ0) is 23.7. The Kier molecular flexibility index (Phi) is 5.96. The lowest BCUT2D eigenvalue weighted by Crippen LogP contribution is -2.39. The number of hydrogen-bond acceptors (Lipinski definition) is 3. The standard InChI is InChI=1S/C26H23F3N4O/c27-19-5-3-4-17(14-19)16-33-24-7-2-1-6-23(24)31-26(33)32-12-10-18(11-13-32)25(34)30-22-9-8-20(28)15-21(22)29/h1-9,14-15,18H,10-13,16H2,(H,30,34). The van der Waals surface area contributed by atoms with E-state index in [2.05, 4.69) is 14.8 Å². The maximum absolute atomic E-state index is 13.9. The lowest BCUT2D eigenvalue weighted by molar-refractivity contribution is -0.120. The van der Waals surface area contributed by atoms with E-state index in [0.717, 1.165) is 34.7 Å². The summed E-state index contributed by atoms with van der Waals surface area (Å²) < 4.78 is 42.9. The minimum Gasteiger partial charge on any atom is -0.342 e. The predicted octanol–water partition coefficient (Wildman–Crippen LogP) is 5.36. The number of nitrogens with one attached hydrogen (secondary N) is 1. The fourth-order valence-electron chi connectivity index (χ4n) is 4.45. The number of amides is 1. The van der Waals surface area contributed by atoms with Crippen molar-refractivity contribution in [2.75, 3.05) is 23.3 Å². The number of halogens is 3. The first kappa shape index (κ1) is 22.0. The highest BCUT2D eigenvalue weighted by molar-refractivity contribution is 5.92. The Hall–Kier alpha value is -3.81. The number of imidazole rings is 1. The van der Waals surface area contributed by atoms with Crippen molar-refractivity contribution in [2.45, 2.75) is 19.4 Å². The predicted molar refractivity (Wildman–Crippen MR) is 125 cm³/mol. The zero-order valence-corrected chi connectivity index (χ0v) is 18.3. The first-order chi connectivity index (χ1) is 16.5. The van der Waals surface area contributed by atoms with Gasteiger partial charge in [-0.1, -0.05) is 24.3 Å². The van der Waals surface area contributed by atoms with Crippen LogP contribution in [-0.4, -0.2) is 28.5 Å². The number of rotatable bonds is 5. The number of fused-ring (bicyclic) bond motifs is 1. The van der Waals surface area contributed by atoms with Gasteiger partial charge < -0.3 is 14.8 Å². The highest BCUT2D eigenvalue weighted by atomic mass is 19.1. The van der Waals surface area contributed by atoms with Crippen molar-refractivity contribution in [1.29, 1.82) is 0 Å². The Morgan fingerprint density at radius 1 is 0.941 bits per heavy atom. The molecule has 0 unspecified atom stereocenters. The lowest BCUT2D eigenvalue weighted by Gasteiger charge is -2.32. The molecule has 1 N–H and O–H groups in total. The Balaban J connectivity index is 1.33. The number of carbonyl (C=O) groups excluding carboxylic acids is 1. The number of hydrogen-bond donors (Lipinski definition) is 1. The molecule has 3 aromatic carbocycles. The van der Waals surface area contributed by atoms with Crippen molar-refractivity contribution >= 4 is 28.6 Å². The molecule has 0 atom stereocenters. The van der Waals surface area contributed by atoms with Crippen molar-refractivity contribution in [3.8, 4) is 0 Å². The number of carbonyl (C=O) groups is 1. The van der Waals surface area contributed by atoms with Crippen LogP contribution in [0.15, 0.2) is 66.7 Å². The highest BCUT2D eigenvalue weighted by Crippen LogP contribution is 2.29. The van der Waals surface area contributed by atoms with Gasteiger partial charge in [0.05, 0.1) is 23.3 Å². The number of benzene rings is 3. The maximum Gasteiger partial charge on any atom is 0.227 e. The van der Waals surface area contributed by atoms with Crippen LogP contribution in [-0.2, 0) is 11.3 Å². The van der Waals surface area contributed by atoms with Crippen LogP contribution in [0.3, 0.4) is 0 Å². The smallest absolute Gasteiger partial charge is 0.227 e. The molecule has 0 saturated carbocycles. The van der Waals surface area contributed by atoms with E-state index in [4.69, 9.17) is 4.98 Å². The third-order valence-electron chi connectivity index (χ3n) is 6.20. The van der Waals surface area contributed by atoms with Crippen LogP contribution in [0.25, 0.3) is 11.0 Å². The number of para-hydroxylation sites is 2. The summed E-state index contributed by atoms with van der Waals surface area (Å²) in [4.78, 5) is 19.6. The van der Waals surface area contributed by atoms with E-state index in [9.17, 15) is 18.0 Å². The van der Waals surface area contributed by atoms with Gasteiger partial charge in [-0.2, -0.15) is 0 Å². The van der Waals surface area contributed by atoms with Gasteiger partial charge in [0.1, 0.15) is 17.5 Å². The molecule has 0 radical (unpaired) electrons. The molecule has 0 aliphatic carbocycles. The second-order valence-electron chi connectivity index (χ2n) is 8.49. The van der Waals surface area contributed by atoms with Gasteiger partial charge in [-0.15, -0.1) is 0 Å². The minimum absolute atomic E-state index is 0.0225. The Morgan fingerprint density at radius 3 is 2.47 bits per heavy atom. The van der Waals surface area contributed by atoms with E-state index in [1.165, 1.54) is 18.2 Å². The second-order valence-corrected chi connectivity index (χ2v) is 8.49. The summed E-state index contributed by atoms with van der Waals surface area (Å²) >= 11 is 0. The summed E-state index contributed by atoms with van der Waals surface area (Å²) in [6.45, 7) is 1.66. The third-order valence-corrected chi connectivity index (χ3v) is 6.20. The molecule has 5 rings (SSSR count). The molecule has 1 amide bonds. The fraction of sp³-hybridized carbons (Fsp3) is 0.231. The molecule has 2 heterocycles. The Morgan fingerprint density at radius 2 is 1.71 bits per heavy atom. The van der Waals surface area contributed by atoms with Crippen LogP contribution in [0.5, 0.6) is 0 Å². The third kappa shape index (κ3) is 4.48. The molecule has 1 aliphatic rings. The van der Waals surface area contributed by atoms with Crippen molar-refractivity contribution in [3.63, 3.8) is 0 Å². The molecule has 5 nitrogen and oxygen atoms in total. The molecular formula is C26H23F3N4O. The summed E-state index contributed by atoms with van der Waals surface area (Å²) in [6.07, 6.45) is 1.13. The van der Waals surface area contributed by atoms with E-state index >= 15 is 0 Å². The summed E-state index contributed by atoms with van der Waals surface area (Å²) in [5, 5.41) is 2.58. The van der Waals surface area contributed by atoms with E-state index in [1.54, 1.807) is 6.07 Å². The molecule has 1 fully saturated rings. The van der Waals surface area contributed by atoms with Crippen LogP contribution in [0.1, 0.15) is 18.4 Å². The number of anilines is 2. The van der Waals surface area contributed by atoms with Crippen LogP contribution < -0.4 is 10.2 Å². The summed E-state index contributed by atoms with van der Waals surface area (Å²) in [7, 11) is 0. The van der Waals surface area contributed by atoms with Gasteiger partial charge in [-0.05, 0) is 54.8 Å². The summed E-state index contributed by atoms with van der Waals surface area (Å²) in [6, 6.07) is 17.4. The van der Waals surface area contributed by atoms with Gasteiger partial charge >= 0.3 is 0 Å².